The number of hydrogen-bond acceptors (Lipinski definition) is 9. The van der Waals surface area contributed by atoms with Crippen molar-refractivity contribution in [3.8, 4) is 39.5 Å². The predicted molar refractivity (Wildman–Crippen MR) is 182 cm³/mol. The summed E-state index contributed by atoms with van der Waals surface area (Å²) >= 11 is 0. The van der Waals surface area contributed by atoms with E-state index in [9.17, 15) is 14.3 Å². The first-order valence-electron chi connectivity index (χ1n) is 16.6. The van der Waals surface area contributed by atoms with Crippen LogP contribution in [0.1, 0.15) is 42.9 Å². The summed E-state index contributed by atoms with van der Waals surface area (Å²) in [5, 5.41) is 15.1. The zero-order valence-corrected chi connectivity index (χ0v) is 28.2. The number of carbonyl (C=O) groups excluding carboxylic acids is 1. The van der Waals surface area contributed by atoms with Crippen molar-refractivity contribution >= 4 is 16.9 Å². The third-order valence-electron chi connectivity index (χ3n) is 9.47. The van der Waals surface area contributed by atoms with Crippen LogP contribution in [0.15, 0.2) is 59.9 Å². The van der Waals surface area contributed by atoms with E-state index < -0.39 is 11.6 Å². The van der Waals surface area contributed by atoms with E-state index in [0.717, 1.165) is 42.0 Å². The van der Waals surface area contributed by atoms with Gasteiger partial charge in [0.25, 0.3) is 0 Å². The number of aliphatic hydroxyl groups is 1. The van der Waals surface area contributed by atoms with E-state index >= 15 is 4.39 Å². The van der Waals surface area contributed by atoms with E-state index in [1.165, 1.54) is 19.4 Å². The van der Waals surface area contributed by atoms with Gasteiger partial charge in [-0.3, -0.25) is 19.4 Å². The molecule has 1 N–H and O–H groups in total. The SMILES string of the molecule is C=CC(=O)N1CC(C)n2nc(-c3nc(-c4cnc5c(c4)CN(CCO)CC5)c4occc4c3-c3c(F)cc(F)cc3OCCOC)cc2C1C. The largest absolute Gasteiger partial charge is 0.490 e. The van der Waals surface area contributed by atoms with Crippen LogP contribution in [0.4, 0.5) is 8.78 Å². The number of furan rings is 1. The Hall–Kier alpha value is -4.98. The number of rotatable bonds is 10. The molecular weight excluding hydrogens is 646 g/mol. The summed E-state index contributed by atoms with van der Waals surface area (Å²) in [6.07, 6.45) is 5.31. The second kappa shape index (κ2) is 13.7. The smallest absolute Gasteiger partial charge is 0.246 e. The summed E-state index contributed by atoms with van der Waals surface area (Å²) in [5.41, 5.74) is 5.37. The maximum absolute atomic E-state index is 16.2. The molecule has 2 unspecified atom stereocenters. The highest BCUT2D eigenvalue weighted by Gasteiger charge is 2.34. The number of carbonyl (C=O) groups is 1. The number of hydrogen-bond donors (Lipinski definition) is 1. The quantitative estimate of drug-likeness (QED) is 0.146. The molecular formula is C37H38F2N6O5. The van der Waals surface area contributed by atoms with Crippen LogP contribution in [0.5, 0.6) is 5.75 Å². The van der Waals surface area contributed by atoms with E-state index in [2.05, 4.69) is 11.5 Å². The zero-order valence-electron chi connectivity index (χ0n) is 28.2. The van der Waals surface area contributed by atoms with Gasteiger partial charge in [-0.1, -0.05) is 6.58 Å². The van der Waals surface area contributed by atoms with E-state index in [4.69, 9.17) is 29.0 Å². The molecule has 1 amide bonds. The lowest BCUT2D eigenvalue weighted by Gasteiger charge is -2.36. The topological polar surface area (TPSA) is 119 Å². The van der Waals surface area contributed by atoms with E-state index in [1.54, 1.807) is 17.2 Å². The Balaban J connectivity index is 1.47. The number of methoxy groups -OCH3 is 1. The minimum Gasteiger partial charge on any atom is -0.490 e. The third kappa shape index (κ3) is 5.95. The van der Waals surface area contributed by atoms with Crippen LogP contribution in [-0.2, 0) is 22.5 Å². The minimum atomic E-state index is -0.844. The van der Waals surface area contributed by atoms with Crippen LogP contribution in [0.2, 0.25) is 0 Å². The summed E-state index contributed by atoms with van der Waals surface area (Å²) in [6, 6.07) is 7.05. The van der Waals surface area contributed by atoms with E-state index in [1.807, 2.05) is 30.7 Å². The molecule has 260 valence electrons. The van der Waals surface area contributed by atoms with Crippen molar-refractivity contribution in [1.29, 1.82) is 0 Å². The molecule has 4 aromatic heterocycles. The summed E-state index contributed by atoms with van der Waals surface area (Å²) in [7, 11) is 1.51. The normalized spacial score (nSPS) is 17.5. The fourth-order valence-electron chi connectivity index (χ4n) is 7.02. The number of fused-ring (bicyclic) bond motifs is 3. The summed E-state index contributed by atoms with van der Waals surface area (Å²) in [5.74, 6) is -1.85. The molecule has 1 aromatic carbocycles. The van der Waals surface area contributed by atoms with Crippen molar-refractivity contribution in [3.05, 3.63) is 84.0 Å². The molecule has 2 aliphatic heterocycles. The number of amides is 1. The van der Waals surface area contributed by atoms with Gasteiger partial charge in [-0.05, 0) is 43.7 Å². The highest BCUT2D eigenvalue weighted by Crippen LogP contribution is 2.46. The third-order valence-corrected chi connectivity index (χ3v) is 9.47. The standard InChI is InChI=1S/C37H38F2N6O5/c1-5-32(47)44-19-21(2)45-30(22(44)3)17-29(42-45)36-33(34-27(39)15-25(38)16-31(34)49-13-12-48-4)26-7-11-50-37(26)35(41-36)23-14-24-20-43(9-10-46)8-6-28(24)40-18-23/h5,7,11,14-18,21-22,46H,1,6,8-10,12-13,19-20H2,2-4H3. The Bertz CT molecular complexity index is 2090. The second-order valence-electron chi connectivity index (χ2n) is 12.6. The van der Waals surface area contributed by atoms with Crippen LogP contribution in [-0.4, -0.2) is 87.1 Å². The maximum Gasteiger partial charge on any atom is 0.246 e. The fourth-order valence-corrected chi connectivity index (χ4v) is 7.02. The molecule has 0 fully saturated rings. The maximum atomic E-state index is 16.2. The lowest BCUT2D eigenvalue weighted by Crippen LogP contribution is -2.42. The summed E-state index contributed by atoms with van der Waals surface area (Å²) in [4.78, 5) is 26.6. The van der Waals surface area contributed by atoms with Crippen LogP contribution in [0.3, 0.4) is 0 Å². The Morgan fingerprint density at radius 3 is 2.78 bits per heavy atom. The molecule has 13 heteroatoms. The fraction of sp³-hybridized carbons (Fsp3) is 0.351. The molecule has 0 bridgehead atoms. The summed E-state index contributed by atoms with van der Waals surface area (Å²) < 4.78 is 49.8. The van der Waals surface area contributed by atoms with Gasteiger partial charge in [0.05, 0.1) is 42.8 Å². The van der Waals surface area contributed by atoms with Crippen molar-refractivity contribution < 1.29 is 32.6 Å². The van der Waals surface area contributed by atoms with E-state index in [-0.39, 0.29) is 49.1 Å². The average Bonchev–Trinajstić information content (AvgIpc) is 3.78. The van der Waals surface area contributed by atoms with Gasteiger partial charge < -0.3 is 23.9 Å². The molecule has 2 aliphatic rings. The number of β-amino-alcohol motifs (C(OH)–C–C–N with tert-alkyl or cyclic N) is 1. The lowest BCUT2D eigenvalue weighted by atomic mass is 9.94. The number of aliphatic hydroxyl groups excluding tert-OH is 1. The number of ether oxygens (including phenoxy) is 2. The number of nitrogens with zero attached hydrogens (tertiary/aromatic N) is 6. The molecule has 2 atom stereocenters. The predicted octanol–water partition coefficient (Wildman–Crippen LogP) is 5.72. The first-order valence-corrected chi connectivity index (χ1v) is 16.6. The molecule has 0 saturated heterocycles. The van der Waals surface area contributed by atoms with Gasteiger partial charge in [0.15, 0.2) is 5.58 Å². The van der Waals surface area contributed by atoms with E-state index in [0.29, 0.717) is 58.8 Å². The summed E-state index contributed by atoms with van der Waals surface area (Å²) in [6.45, 7) is 10.3. The van der Waals surface area contributed by atoms with Crippen LogP contribution >= 0.6 is 0 Å². The van der Waals surface area contributed by atoms with Crippen molar-refractivity contribution in [2.75, 3.05) is 46.6 Å². The first-order chi connectivity index (χ1) is 24.2. The Morgan fingerprint density at radius 1 is 1.16 bits per heavy atom. The second-order valence-corrected chi connectivity index (χ2v) is 12.6. The molecule has 6 heterocycles. The van der Waals surface area contributed by atoms with Gasteiger partial charge in [0, 0.05) is 80.2 Å². The molecule has 0 spiro atoms. The molecule has 50 heavy (non-hydrogen) atoms. The molecule has 11 nitrogen and oxygen atoms in total. The lowest BCUT2D eigenvalue weighted by molar-refractivity contribution is -0.129. The number of halogens is 2. The first kappa shape index (κ1) is 33.5. The molecule has 0 radical (unpaired) electrons. The van der Waals surface area contributed by atoms with Gasteiger partial charge >= 0.3 is 0 Å². The van der Waals surface area contributed by atoms with Crippen molar-refractivity contribution in [2.45, 2.75) is 38.9 Å². The van der Waals surface area contributed by atoms with Crippen LogP contribution < -0.4 is 4.74 Å². The van der Waals surface area contributed by atoms with Crippen molar-refractivity contribution in [2.24, 2.45) is 0 Å². The van der Waals surface area contributed by atoms with Crippen LogP contribution in [0.25, 0.3) is 44.7 Å². The Kier molecular flexibility index (Phi) is 9.21. The van der Waals surface area contributed by atoms with Crippen LogP contribution in [0, 0.1) is 11.6 Å². The van der Waals surface area contributed by atoms with Gasteiger partial charge in [-0.15, -0.1) is 0 Å². The number of pyridine rings is 2. The van der Waals surface area contributed by atoms with Crippen molar-refractivity contribution in [1.82, 2.24) is 29.5 Å². The average molecular weight is 685 g/mol. The minimum absolute atomic E-state index is 0.00157. The van der Waals surface area contributed by atoms with Crippen molar-refractivity contribution in [3.63, 3.8) is 0 Å². The van der Waals surface area contributed by atoms with Gasteiger partial charge in [-0.25, -0.2) is 13.8 Å². The number of benzene rings is 1. The highest BCUT2D eigenvalue weighted by molar-refractivity contribution is 6.06. The zero-order chi connectivity index (χ0) is 35.1. The number of aromatic nitrogens is 4. The molecule has 5 aromatic rings. The Labute approximate surface area is 287 Å². The van der Waals surface area contributed by atoms with Gasteiger partial charge in [0.2, 0.25) is 5.91 Å². The Morgan fingerprint density at radius 2 is 2.00 bits per heavy atom. The monoisotopic (exact) mass is 684 g/mol. The van der Waals surface area contributed by atoms with Gasteiger partial charge in [-0.2, -0.15) is 5.10 Å². The van der Waals surface area contributed by atoms with Gasteiger partial charge in [0.1, 0.15) is 41.1 Å². The highest BCUT2D eigenvalue weighted by atomic mass is 19.1. The molecule has 0 aliphatic carbocycles. The molecule has 7 rings (SSSR count). The molecule has 0 saturated carbocycles.